The second kappa shape index (κ2) is 6.81. The van der Waals surface area contributed by atoms with Crippen LogP contribution in [0.1, 0.15) is 40.6 Å². The number of nitrogens with one attached hydrogen (secondary N) is 1. The number of thiophene rings is 1. The van der Waals surface area contributed by atoms with Crippen molar-refractivity contribution in [3.05, 3.63) is 51.7 Å². The first-order valence-corrected chi connectivity index (χ1v) is 9.90. The Morgan fingerprint density at radius 2 is 2.04 bits per heavy atom. The lowest BCUT2D eigenvalue weighted by Crippen LogP contribution is -2.46. The van der Waals surface area contributed by atoms with E-state index < -0.39 is 11.6 Å². The third-order valence-electron chi connectivity index (χ3n) is 5.13. The highest BCUT2D eigenvalue weighted by Gasteiger charge is 2.54. The van der Waals surface area contributed by atoms with Crippen LogP contribution in [0.25, 0.3) is 0 Å². The third-order valence-corrected chi connectivity index (χ3v) is 6.11. The number of urea groups is 1. The Labute approximate surface area is 161 Å². The Balaban J connectivity index is 1.54. The van der Waals surface area contributed by atoms with Gasteiger partial charge in [-0.05, 0) is 61.9 Å². The molecule has 7 heteroatoms. The molecule has 2 aliphatic rings. The van der Waals surface area contributed by atoms with Gasteiger partial charge in [0, 0.05) is 16.0 Å². The van der Waals surface area contributed by atoms with Gasteiger partial charge in [0.05, 0.1) is 13.2 Å². The van der Waals surface area contributed by atoms with E-state index in [4.69, 9.17) is 4.74 Å². The topological polar surface area (TPSA) is 75.7 Å². The predicted molar refractivity (Wildman–Crippen MR) is 101 cm³/mol. The van der Waals surface area contributed by atoms with Gasteiger partial charge in [-0.2, -0.15) is 0 Å². The highest BCUT2D eigenvalue weighted by Crippen LogP contribution is 2.42. The maximum atomic E-state index is 13.1. The molecule has 2 aromatic rings. The summed E-state index contributed by atoms with van der Waals surface area (Å²) in [5.74, 6) is 0.0706. The van der Waals surface area contributed by atoms with Crippen LogP contribution in [0.4, 0.5) is 4.79 Å². The molecule has 3 amide bonds. The van der Waals surface area contributed by atoms with Crippen molar-refractivity contribution in [2.75, 3.05) is 13.2 Å². The number of amides is 3. The van der Waals surface area contributed by atoms with Gasteiger partial charge in [-0.15, -0.1) is 11.3 Å². The fourth-order valence-corrected chi connectivity index (χ4v) is 4.82. The molecule has 2 heterocycles. The van der Waals surface area contributed by atoms with Crippen LogP contribution in [0.3, 0.4) is 0 Å². The molecule has 0 bridgehead atoms. The van der Waals surface area contributed by atoms with E-state index in [2.05, 4.69) is 5.32 Å². The minimum absolute atomic E-state index is 0.264. The molecular formula is C20H20N2O4S. The number of hydrogen-bond acceptors (Lipinski definition) is 5. The summed E-state index contributed by atoms with van der Waals surface area (Å²) in [6.07, 6.45) is 2.32. The standard InChI is InChI=1S/C20H20N2O4S/c1-2-26-14-7-5-13(6-8-14)16(23)12-22-18(24)20(21-19(22)25)10-3-4-17-15(20)9-11-27-17/h5-9,11H,2-4,10,12H2,1H3,(H,21,25)/t20-/m0/s1. The van der Waals surface area contributed by atoms with Gasteiger partial charge in [-0.25, -0.2) is 4.79 Å². The molecule has 0 radical (unpaired) electrons. The summed E-state index contributed by atoms with van der Waals surface area (Å²) in [5.41, 5.74) is 0.317. The van der Waals surface area contributed by atoms with Gasteiger partial charge in [0.1, 0.15) is 11.3 Å². The molecule has 0 saturated carbocycles. The van der Waals surface area contributed by atoms with Gasteiger partial charge in [0.15, 0.2) is 5.78 Å². The Morgan fingerprint density at radius 3 is 2.78 bits per heavy atom. The smallest absolute Gasteiger partial charge is 0.325 e. The molecule has 1 saturated heterocycles. The van der Waals surface area contributed by atoms with Gasteiger partial charge in [-0.1, -0.05) is 0 Å². The number of hydrogen-bond donors (Lipinski definition) is 1. The lowest BCUT2D eigenvalue weighted by molar-refractivity contribution is -0.131. The summed E-state index contributed by atoms with van der Waals surface area (Å²) < 4.78 is 5.37. The Morgan fingerprint density at radius 1 is 1.26 bits per heavy atom. The minimum atomic E-state index is -1.01. The molecule has 1 fully saturated rings. The molecule has 6 nitrogen and oxygen atoms in total. The van der Waals surface area contributed by atoms with Crippen molar-refractivity contribution in [1.82, 2.24) is 10.2 Å². The van der Waals surface area contributed by atoms with E-state index in [0.29, 0.717) is 24.3 Å². The van der Waals surface area contributed by atoms with Crippen LogP contribution in [0.2, 0.25) is 0 Å². The lowest BCUT2D eigenvalue weighted by atomic mass is 9.80. The molecule has 1 spiro atoms. The number of benzene rings is 1. The van der Waals surface area contributed by atoms with E-state index >= 15 is 0 Å². The number of imide groups is 1. The van der Waals surface area contributed by atoms with Crippen LogP contribution in [0.15, 0.2) is 35.7 Å². The van der Waals surface area contributed by atoms with Crippen molar-refractivity contribution in [2.45, 2.75) is 31.7 Å². The van der Waals surface area contributed by atoms with E-state index in [0.717, 1.165) is 28.2 Å². The first-order valence-electron chi connectivity index (χ1n) is 9.02. The summed E-state index contributed by atoms with van der Waals surface area (Å²) >= 11 is 1.61. The molecule has 1 aliphatic heterocycles. The maximum absolute atomic E-state index is 13.1. The quantitative estimate of drug-likeness (QED) is 0.635. The van der Waals surface area contributed by atoms with Crippen LogP contribution >= 0.6 is 11.3 Å². The molecule has 1 N–H and O–H groups in total. The van der Waals surface area contributed by atoms with Gasteiger partial charge in [0.25, 0.3) is 5.91 Å². The number of aryl methyl sites for hydroxylation is 1. The van der Waals surface area contributed by atoms with Gasteiger partial charge < -0.3 is 10.1 Å². The Bertz CT molecular complexity index is 905. The molecule has 27 heavy (non-hydrogen) atoms. The van der Waals surface area contributed by atoms with Gasteiger partial charge in [-0.3, -0.25) is 14.5 Å². The molecular weight excluding hydrogens is 364 g/mol. The zero-order valence-corrected chi connectivity index (χ0v) is 15.8. The molecule has 0 unspecified atom stereocenters. The average molecular weight is 384 g/mol. The number of fused-ring (bicyclic) bond motifs is 2. The monoisotopic (exact) mass is 384 g/mol. The summed E-state index contributed by atoms with van der Waals surface area (Å²) in [4.78, 5) is 40.5. The highest BCUT2D eigenvalue weighted by molar-refractivity contribution is 7.10. The molecule has 1 aliphatic carbocycles. The van der Waals surface area contributed by atoms with Gasteiger partial charge >= 0.3 is 6.03 Å². The fraction of sp³-hybridized carbons (Fsp3) is 0.350. The minimum Gasteiger partial charge on any atom is -0.494 e. The second-order valence-corrected chi connectivity index (χ2v) is 7.72. The van der Waals surface area contributed by atoms with Crippen LogP contribution in [-0.2, 0) is 16.8 Å². The Kier molecular flexibility index (Phi) is 4.47. The number of Topliss-reactive ketones (excluding diaryl/α,β-unsaturated/α-hetero) is 1. The zero-order chi connectivity index (χ0) is 19.0. The fourth-order valence-electron chi connectivity index (χ4n) is 3.82. The number of nitrogens with zero attached hydrogens (tertiary/aromatic N) is 1. The van der Waals surface area contributed by atoms with Crippen molar-refractivity contribution in [3.8, 4) is 5.75 Å². The van der Waals surface area contributed by atoms with Crippen molar-refractivity contribution in [2.24, 2.45) is 0 Å². The first-order chi connectivity index (χ1) is 13.0. The predicted octanol–water partition coefficient (Wildman–Crippen LogP) is 3.11. The normalized spacial score (nSPS) is 21.3. The number of rotatable bonds is 5. The molecule has 140 valence electrons. The van der Waals surface area contributed by atoms with E-state index in [9.17, 15) is 14.4 Å². The van der Waals surface area contributed by atoms with Crippen LogP contribution in [0.5, 0.6) is 5.75 Å². The second-order valence-electron chi connectivity index (χ2n) is 6.72. The van der Waals surface area contributed by atoms with E-state index in [1.54, 1.807) is 35.6 Å². The Hall–Kier alpha value is -2.67. The number of carbonyl (C=O) groups is 3. The van der Waals surface area contributed by atoms with Crippen LogP contribution in [0, 0.1) is 0 Å². The lowest BCUT2D eigenvalue weighted by Gasteiger charge is -2.31. The number of ether oxygens (including phenoxy) is 1. The van der Waals surface area contributed by atoms with Crippen molar-refractivity contribution in [3.63, 3.8) is 0 Å². The largest absolute Gasteiger partial charge is 0.494 e. The highest BCUT2D eigenvalue weighted by atomic mass is 32.1. The molecule has 1 aromatic carbocycles. The SMILES string of the molecule is CCOc1ccc(C(=O)CN2C(=O)N[C@]3(CCCc4sccc43)C2=O)cc1. The van der Waals surface area contributed by atoms with Crippen molar-refractivity contribution >= 4 is 29.1 Å². The van der Waals surface area contributed by atoms with E-state index in [-0.39, 0.29) is 18.2 Å². The summed E-state index contributed by atoms with van der Waals surface area (Å²) in [5, 5.41) is 4.82. The van der Waals surface area contributed by atoms with Crippen LogP contribution < -0.4 is 10.1 Å². The number of carbonyl (C=O) groups excluding carboxylic acids is 3. The number of ketones is 1. The first kappa shape index (κ1) is 17.7. The molecule has 4 rings (SSSR count). The molecule has 1 aromatic heterocycles. The van der Waals surface area contributed by atoms with Crippen LogP contribution in [-0.4, -0.2) is 35.8 Å². The van der Waals surface area contributed by atoms with E-state index in [1.807, 2.05) is 18.4 Å². The average Bonchev–Trinajstić information content (AvgIpc) is 3.23. The third kappa shape index (κ3) is 2.92. The summed E-state index contributed by atoms with van der Waals surface area (Å²) in [6, 6.07) is 8.14. The van der Waals surface area contributed by atoms with Crippen molar-refractivity contribution in [1.29, 1.82) is 0 Å². The van der Waals surface area contributed by atoms with Crippen molar-refractivity contribution < 1.29 is 19.1 Å². The maximum Gasteiger partial charge on any atom is 0.325 e. The van der Waals surface area contributed by atoms with E-state index in [1.165, 1.54) is 0 Å². The van der Waals surface area contributed by atoms with Gasteiger partial charge in [0.2, 0.25) is 0 Å². The summed E-state index contributed by atoms with van der Waals surface area (Å²) in [7, 11) is 0. The summed E-state index contributed by atoms with van der Waals surface area (Å²) in [6.45, 7) is 2.17. The molecule has 1 atom stereocenters. The zero-order valence-electron chi connectivity index (χ0n) is 15.0.